The van der Waals surface area contributed by atoms with Crippen LogP contribution >= 0.6 is 0 Å². The van der Waals surface area contributed by atoms with Gasteiger partial charge in [0.25, 0.3) is 0 Å². The lowest BCUT2D eigenvalue weighted by molar-refractivity contribution is -0.277. The second kappa shape index (κ2) is 6.92. The molecule has 0 aromatic heterocycles. The third-order valence-electron chi connectivity index (χ3n) is 2.86. The van der Waals surface area contributed by atoms with Crippen molar-refractivity contribution in [1.29, 1.82) is 0 Å². The molecule has 0 unspecified atom stereocenters. The summed E-state index contributed by atoms with van der Waals surface area (Å²) in [5.74, 6) is -2.94. The van der Waals surface area contributed by atoms with Gasteiger partial charge < -0.3 is 40.7 Å². The van der Waals surface area contributed by atoms with Gasteiger partial charge in [0, 0.05) is 0 Å². The molecule has 10 heteroatoms. The molecule has 20 heavy (non-hydrogen) atoms. The van der Waals surface area contributed by atoms with Crippen molar-refractivity contribution in [2.75, 3.05) is 6.61 Å². The monoisotopic (exact) mass is 295 g/mol. The van der Waals surface area contributed by atoms with Gasteiger partial charge in [-0.1, -0.05) is 0 Å². The number of rotatable bonds is 6. The van der Waals surface area contributed by atoms with Crippen LogP contribution in [0.4, 0.5) is 0 Å². The summed E-state index contributed by atoms with van der Waals surface area (Å²) in [7, 11) is 0. The summed E-state index contributed by atoms with van der Waals surface area (Å²) >= 11 is 0. The lowest BCUT2D eigenvalue weighted by Crippen LogP contribution is -2.63. The molecule has 1 saturated heterocycles. The number of hydrogen-bond donors (Lipinski definition) is 6. The van der Waals surface area contributed by atoms with Gasteiger partial charge in [0.2, 0.25) is 0 Å². The van der Waals surface area contributed by atoms with E-state index in [0.29, 0.717) is 0 Å². The molecule has 0 aliphatic carbocycles. The molecule has 1 fully saturated rings. The molecule has 0 aromatic carbocycles. The van der Waals surface area contributed by atoms with Crippen LogP contribution < -0.4 is 5.73 Å². The zero-order valence-electron chi connectivity index (χ0n) is 10.3. The van der Waals surface area contributed by atoms with E-state index in [1.165, 1.54) is 0 Å². The maximum atomic E-state index is 10.9. The molecule has 0 radical (unpaired) electrons. The Morgan fingerprint density at radius 2 is 1.85 bits per heavy atom. The standard InChI is InChI=1S/C10H17NO9/c11-6-8(16)7(15)4(2-12)20-10(6)19-3(9(17)18)1-5(13)14/h3-4,6-8,10,12,15-16H,1-2,11H2,(H,13,14)(H,17,18)/t3-,4+,6+,7+,8+,10-/m0/s1. The highest BCUT2D eigenvalue weighted by Crippen LogP contribution is 2.22. The molecule has 116 valence electrons. The Hall–Kier alpha value is -1.30. The summed E-state index contributed by atoms with van der Waals surface area (Å²) < 4.78 is 9.95. The summed E-state index contributed by atoms with van der Waals surface area (Å²) in [4.78, 5) is 21.4. The molecule has 1 rings (SSSR count). The Morgan fingerprint density at radius 1 is 1.25 bits per heavy atom. The number of ether oxygens (including phenoxy) is 2. The van der Waals surface area contributed by atoms with Gasteiger partial charge in [-0.2, -0.15) is 0 Å². The number of aliphatic hydroxyl groups is 3. The molecular formula is C10H17NO9. The molecule has 7 N–H and O–H groups in total. The van der Waals surface area contributed by atoms with E-state index in [1.54, 1.807) is 0 Å². The summed E-state index contributed by atoms with van der Waals surface area (Å²) in [6, 6.07) is -1.29. The van der Waals surface area contributed by atoms with Crippen LogP contribution in [0.15, 0.2) is 0 Å². The molecule has 1 heterocycles. The molecular weight excluding hydrogens is 278 g/mol. The number of carboxylic acids is 2. The molecule has 0 spiro atoms. The lowest BCUT2D eigenvalue weighted by Gasteiger charge is -2.41. The molecule has 1 aliphatic rings. The van der Waals surface area contributed by atoms with Gasteiger partial charge in [-0.3, -0.25) is 4.79 Å². The molecule has 0 aromatic rings. The molecule has 0 amide bonds. The second-order valence-electron chi connectivity index (χ2n) is 4.34. The van der Waals surface area contributed by atoms with Gasteiger partial charge in [-0.05, 0) is 0 Å². The van der Waals surface area contributed by atoms with E-state index in [1.807, 2.05) is 0 Å². The molecule has 0 bridgehead atoms. The average molecular weight is 295 g/mol. The first-order valence-electron chi connectivity index (χ1n) is 5.76. The minimum absolute atomic E-state index is 0.651. The number of carbonyl (C=O) groups is 2. The summed E-state index contributed by atoms with van der Waals surface area (Å²) in [6.45, 7) is -0.651. The molecule has 1 aliphatic heterocycles. The van der Waals surface area contributed by atoms with Crippen LogP contribution in [0, 0.1) is 0 Å². The maximum Gasteiger partial charge on any atom is 0.333 e. The van der Waals surface area contributed by atoms with Crippen LogP contribution in [0.2, 0.25) is 0 Å². The maximum absolute atomic E-state index is 10.9. The fraction of sp³-hybridized carbons (Fsp3) is 0.800. The van der Waals surface area contributed by atoms with Gasteiger partial charge in [0.15, 0.2) is 12.4 Å². The quantitative estimate of drug-likeness (QED) is 0.290. The third-order valence-corrected chi connectivity index (χ3v) is 2.86. The summed E-state index contributed by atoms with van der Waals surface area (Å²) in [6.07, 6.45) is -8.21. The Labute approximate surface area is 113 Å². The van der Waals surface area contributed by atoms with E-state index in [0.717, 1.165) is 0 Å². The van der Waals surface area contributed by atoms with Gasteiger partial charge >= 0.3 is 11.9 Å². The number of nitrogens with two attached hydrogens (primary N) is 1. The number of aliphatic carboxylic acids is 2. The van der Waals surface area contributed by atoms with Crippen LogP contribution in [0.3, 0.4) is 0 Å². The Kier molecular flexibility index (Phi) is 5.80. The lowest BCUT2D eigenvalue weighted by atomic mass is 9.98. The van der Waals surface area contributed by atoms with Crippen LogP contribution in [0.1, 0.15) is 6.42 Å². The second-order valence-corrected chi connectivity index (χ2v) is 4.34. The van der Waals surface area contributed by atoms with Crippen molar-refractivity contribution in [1.82, 2.24) is 0 Å². The zero-order chi connectivity index (χ0) is 15.4. The third kappa shape index (κ3) is 3.85. The van der Waals surface area contributed by atoms with Crippen molar-refractivity contribution < 1.29 is 44.6 Å². The average Bonchev–Trinajstić information content (AvgIpc) is 2.37. The smallest absolute Gasteiger partial charge is 0.333 e. The van der Waals surface area contributed by atoms with Crippen molar-refractivity contribution >= 4 is 11.9 Å². The first-order valence-corrected chi connectivity index (χ1v) is 5.76. The van der Waals surface area contributed by atoms with Crippen LogP contribution in [0.25, 0.3) is 0 Å². The highest BCUT2D eigenvalue weighted by Gasteiger charge is 2.44. The largest absolute Gasteiger partial charge is 0.481 e. The van der Waals surface area contributed by atoms with Crippen LogP contribution in [0.5, 0.6) is 0 Å². The highest BCUT2D eigenvalue weighted by atomic mass is 16.7. The molecule has 10 nitrogen and oxygen atoms in total. The van der Waals surface area contributed by atoms with Crippen molar-refractivity contribution in [2.45, 2.75) is 43.2 Å². The van der Waals surface area contributed by atoms with Crippen molar-refractivity contribution in [3.05, 3.63) is 0 Å². The topological polar surface area (TPSA) is 180 Å². The predicted molar refractivity (Wildman–Crippen MR) is 60.5 cm³/mol. The zero-order valence-corrected chi connectivity index (χ0v) is 10.3. The number of carboxylic acid groups (broad SMARTS) is 2. The van der Waals surface area contributed by atoms with Gasteiger partial charge in [0.1, 0.15) is 18.3 Å². The molecule has 6 atom stereocenters. The van der Waals surface area contributed by atoms with E-state index in [-0.39, 0.29) is 0 Å². The van der Waals surface area contributed by atoms with Gasteiger partial charge in [-0.15, -0.1) is 0 Å². The van der Waals surface area contributed by atoms with E-state index in [2.05, 4.69) is 0 Å². The van der Waals surface area contributed by atoms with Gasteiger partial charge in [-0.25, -0.2) is 4.79 Å². The SMILES string of the molecule is N[C@H]1[C@@H](O[C@@H](CC(=O)O)C(=O)O)O[C@H](CO)[C@@H](O)[C@@H]1O. The highest BCUT2D eigenvalue weighted by molar-refractivity contribution is 5.79. The number of hydrogen-bond acceptors (Lipinski definition) is 8. The van der Waals surface area contributed by atoms with Crippen LogP contribution in [-0.4, -0.2) is 80.8 Å². The van der Waals surface area contributed by atoms with E-state index < -0.39 is 61.7 Å². The summed E-state index contributed by atoms with van der Waals surface area (Å²) in [5.41, 5.74) is 5.53. The minimum Gasteiger partial charge on any atom is -0.481 e. The number of aliphatic hydroxyl groups excluding tert-OH is 3. The first-order chi connectivity index (χ1) is 9.27. The van der Waals surface area contributed by atoms with Crippen LogP contribution in [-0.2, 0) is 19.1 Å². The fourth-order valence-electron chi connectivity index (χ4n) is 1.74. The first kappa shape index (κ1) is 16.8. The Bertz CT molecular complexity index is 361. The van der Waals surface area contributed by atoms with Crippen molar-refractivity contribution in [3.8, 4) is 0 Å². The molecule has 0 saturated carbocycles. The Morgan fingerprint density at radius 3 is 2.30 bits per heavy atom. The normalized spacial score (nSPS) is 35.5. The van der Waals surface area contributed by atoms with Gasteiger partial charge in [0.05, 0.1) is 19.1 Å². The van der Waals surface area contributed by atoms with E-state index in [4.69, 9.17) is 30.5 Å². The van der Waals surface area contributed by atoms with Crippen molar-refractivity contribution in [2.24, 2.45) is 5.73 Å². The summed E-state index contributed by atoms with van der Waals surface area (Å²) in [5, 5.41) is 45.6. The fourth-order valence-corrected chi connectivity index (χ4v) is 1.74. The van der Waals surface area contributed by atoms with E-state index in [9.17, 15) is 19.8 Å². The van der Waals surface area contributed by atoms with E-state index >= 15 is 0 Å². The minimum atomic E-state index is -1.73. The predicted octanol–water partition coefficient (Wildman–Crippen LogP) is -3.30. The van der Waals surface area contributed by atoms with Crippen molar-refractivity contribution in [3.63, 3.8) is 0 Å². The Balaban J connectivity index is 2.77.